The number of hydrogen-bond donors (Lipinski definition) is 0. The zero-order valence-corrected chi connectivity index (χ0v) is 20.1. The highest BCUT2D eigenvalue weighted by Gasteiger charge is 2.49. The Morgan fingerprint density at radius 2 is 1.26 bits per heavy atom. The SMILES string of the molecule is CCCc1ccc2cc(-c3cc(F)c(COc4cc(F)c(C(F)(F)OC(F)(F)F)c(F)c4)c(F)c3)ccc2c1. The second-order valence-corrected chi connectivity index (χ2v) is 8.68. The lowest BCUT2D eigenvalue weighted by molar-refractivity contribution is -0.432. The first-order valence-electron chi connectivity index (χ1n) is 11.6. The Kier molecular flexibility index (Phi) is 7.83. The van der Waals surface area contributed by atoms with Gasteiger partial charge >= 0.3 is 12.5 Å². The van der Waals surface area contributed by atoms with Crippen LogP contribution in [-0.2, 0) is 23.9 Å². The van der Waals surface area contributed by atoms with Crippen molar-refractivity contribution in [1.82, 2.24) is 0 Å². The summed E-state index contributed by atoms with van der Waals surface area (Å²) in [4.78, 5) is 0. The standard InChI is InChI=1S/C28H19F9O2/c1-2-3-15-4-5-17-9-18(7-6-16(17)8-15)19-10-22(29)21(23(30)11-19)14-38-20-12-24(31)26(25(32)13-20)27(33,34)39-28(35,36)37/h4-13H,2-3,14H2,1H3. The summed E-state index contributed by atoms with van der Waals surface area (Å²) < 4.78 is 129. The third-order valence-corrected chi connectivity index (χ3v) is 5.85. The number of hydrogen-bond acceptors (Lipinski definition) is 2. The van der Waals surface area contributed by atoms with Gasteiger partial charge in [0.05, 0.1) is 5.56 Å². The minimum Gasteiger partial charge on any atom is -0.488 e. The molecule has 0 saturated heterocycles. The topological polar surface area (TPSA) is 18.5 Å². The molecule has 0 bridgehead atoms. The van der Waals surface area contributed by atoms with Gasteiger partial charge in [0.2, 0.25) is 0 Å². The fourth-order valence-electron chi connectivity index (χ4n) is 4.09. The van der Waals surface area contributed by atoms with Crippen LogP contribution in [0.15, 0.2) is 60.7 Å². The summed E-state index contributed by atoms with van der Waals surface area (Å²) in [6.07, 6.45) is -9.36. The van der Waals surface area contributed by atoms with Gasteiger partial charge in [-0.25, -0.2) is 22.3 Å². The molecule has 0 atom stereocenters. The van der Waals surface area contributed by atoms with Crippen LogP contribution in [0.1, 0.15) is 30.0 Å². The highest BCUT2D eigenvalue weighted by atomic mass is 19.4. The van der Waals surface area contributed by atoms with Crippen molar-refractivity contribution in [2.75, 3.05) is 0 Å². The minimum atomic E-state index is -5.89. The third-order valence-electron chi connectivity index (χ3n) is 5.85. The lowest BCUT2D eigenvalue weighted by Crippen LogP contribution is -2.29. The normalized spacial score (nSPS) is 12.3. The molecule has 11 heteroatoms. The fourth-order valence-corrected chi connectivity index (χ4v) is 4.09. The molecule has 0 aliphatic heterocycles. The van der Waals surface area contributed by atoms with Crippen LogP contribution in [0.25, 0.3) is 21.9 Å². The molecule has 0 aliphatic rings. The van der Waals surface area contributed by atoms with Crippen LogP contribution in [0.5, 0.6) is 5.75 Å². The van der Waals surface area contributed by atoms with E-state index in [0.29, 0.717) is 5.56 Å². The van der Waals surface area contributed by atoms with Gasteiger partial charge in [-0.1, -0.05) is 43.7 Å². The van der Waals surface area contributed by atoms with E-state index in [-0.39, 0.29) is 17.7 Å². The van der Waals surface area contributed by atoms with E-state index in [1.54, 1.807) is 12.1 Å². The van der Waals surface area contributed by atoms with Gasteiger partial charge in [-0.15, -0.1) is 13.2 Å². The largest absolute Gasteiger partial charge is 0.527 e. The lowest BCUT2D eigenvalue weighted by atomic mass is 9.98. The molecule has 0 spiro atoms. The molecule has 0 radical (unpaired) electrons. The predicted octanol–water partition coefficient (Wildman–Crippen LogP) is 9.18. The van der Waals surface area contributed by atoms with Crippen LogP contribution in [0, 0.1) is 23.3 Å². The first-order valence-corrected chi connectivity index (χ1v) is 11.6. The zero-order valence-electron chi connectivity index (χ0n) is 20.1. The summed E-state index contributed by atoms with van der Waals surface area (Å²) in [5, 5.41) is 1.82. The smallest absolute Gasteiger partial charge is 0.488 e. The van der Waals surface area contributed by atoms with Crippen LogP contribution in [0.4, 0.5) is 39.5 Å². The Morgan fingerprint density at radius 3 is 1.85 bits per heavy atom. The van der Waals surface area contributed by atoms with Crippen molar-refractivity contribution < 1.29 is 49.0 Å². The van der Waals surface area contributed by atoms with Gasteiger partial charge in [0.25, 0.3) is 0 Å². The van der Waals surface area contributed by atoms with E-state index >= 15 is 0 Å². The number of aryl methyl sites for hydroxylation is 1. The maximum atomic E-state index is 14.8. The average Bonchev–Trinajstić information content (AvgIpc) is 2.81. The van der Waals surface area contributed by atoms with Crippen molar-refractivity contribution in [2.45, 2.75) is 38.8 Å². The molecule has 0 amide bonds. The molecule has 4 aromatic rings. The maximum Gasteiger partial charge on any atom is 0.527 e. The molecule has 2 nitrogen and oxygen atoms in total. The van der Waals surface area contributed by atoms with Crippen molar-refractivity contribution in [3.8, 4) is 16.9 Å². The van der Waals surface area contributed by atoms with Gasteiger partial charge in [0, 0.05) is 12.1 Å². The van der Waals surface area contributed by atoms with Gasteiger partial charge in [-0.2, -0.15) is 8.78 Å². The van der Waals surface area contributed by atoms with Crippen LogP contribution in [0.2, 0.25) is 0 Å². The van der Waals surface area contributed by atoms with Crippen molar-refractivity contribution in [1.29, 1.82) is 0 Å². The van der Waals surface area contributed by atoms with Gasteiger partial charge < -0.3 is 4.74 Å². The number of fused-ring (bicyclic) bond motifs is 1. The predicted molar refractivity (Wildman–Crippen MR) is 125 cm³/mol. The molecule has 206 valence electrons. The summed E-state index contributed by atoms with van der Waals surface area (Å²) in [5.41, 5.74) is -1.03. The molecule has 39 heavy (non-hydrogen) atoms. The highest BCUT2D eigenvalue weighted by Crippen LogP contribution is 2.40. The maximum absolute atomic E-state index is 14.8. The Morgan fingerprint density at radius 1 is 0.667 bits per heavy atom. The number of alkyl halides is 5. The van der Waals surface area contributed by atoms with Crippen LogP contribution in [0.3, 0.4) is 0 Å². The summed E-state index contributed by atoms with van der Waals surface area (Å²) in [6.45, 7) is 1.17. The van der Waals surface area contributed by atoms with E-state index in [9.17, 15) is 39.5 Å². The molecule has 0 saturated carbocycles. The van der Waals surface area contributed by atoms with E-state index in [0.717, 1.165) is 41.3 Å². The van der Waals surface area contributed by atoms with Gasteiger partial charge in [-0.3, -0.25) is 0 Å². The van der Waals surface area contributed by atoms with E-state index in [1.807, 2.05) is 24.3 Å². The summed E-state index contributed by atoms with van der Waals surface area (Å²) in [6, 6.07) is 13.6. The molecule has 0 heterocycles. The highest BCUT2D eigenvalue weighted by molar-refractivity contribution is 5.88. The summed E-state index contributed by atoms with van der Waals surface area (Å²) in [7, 11) is 0. The second-order valence-electron chi connectivity index (χ2n) is 8.68. The van der Waals surface area contributed by atoms with Crippen LogP contribution >= 0.6 is 0 Å². The average molecular weight is 558 g/mol. The van der Waals surface area contributed by atoms with Gasteiger partial charge in [-0.05, 0) is 52.1 Å². The molecular formula is C28H19F9O2. The molecule has 0 aromatic heterocycles. The molecule has 0 N–H and O–H groups in total. The van der Waals surface area contributed by atoms with E-state index in [1.165, 1.54) is 0 Å². The first-order chi connectivity index (χ1) is 18.3. The van der Waals surface area contributed by atoms with Crippen LogP contribution in [-0.4, -0.2) is 6.36 Å². The van der Waals surface area contributed by atoms with Crippen molar-refractivity contribution >= 4 is 10.8 Å². The molecule has 0 aliphatic carbocycles. The van der Waals surface area contributed by atoms with E-state index < -0.39 is 59.2 Å². The number of rotatable bonds is 8. The Balaban J connectivity index is 1.54. The number of ether oxygens (including phenoxy) is 2. The lowest BCUT2D eigenvalue weighted by Gasteiger charge is -2.20. The van der Waals surface area contributed by atoms with E-state index in [4.69, 9.17) is 4.74 Å². The first kappa shape index (κ1) is 28.3. The van der Waals surface area contributed by atoms with Gasteiger partial charge in [0.1, 0.15) is 41.2 Å². The van der Waals surface area contributed by atoms with E-state index in [2.05, 4.69) is 11.7 Å². The summed E-state index contributed by atoms with van der Waals surface area (Å²) in [5.74, 6) is -7.13. The van der Waals surface area contributed by atoms with Crippen molar-refractivity contribution in [2.24, 2.45) is 0 Å². The fraction of sp³-hybridized carbons (Fsp3) is 0.214. The molecular weight excluding hydrogens is 539 g/mol. The van der Waals surface area contributed by atoms with Crippen molar-refractivity contribution in [3.05, 3.63) is 101 Å². The Bertz CT molecular complexity index is 1470. The zero-order chi connectivity index (χ0) is 28.5. The van der Waals surface area contributed by atoms with Crippen molar-refractivity contribution in [3.63, 3.8) is 0 Å². The monoisotopic (exact) mass is 558 g/mol. The third kappa shape index (κ3) is 6.47. The molecule has 0 unspecified atom stereocenters. The molecule has 0 fully saturated rings. The quantitative estimate of drug-likeness (QED) is 0.201. The molecule has 4 aromatic carbocycles. The Labute approximate surface area is 216 Å². The second kappa shape index (κ2) is 10.8. The summed E-state index contributed by atoms with van der Waals surface area (Å²) >= 11 is 0. The van der Waals surface area contributed by atoms with Crippen LogP contribution < -0.4 is 4.74 Å². The van der Waals surface area contributed by atoms with Gasteiger partial charge in [0.15, 0.2) is 0 Å². The number of benzene rings is 4. The minimum absolute atomic E-state index is 0.150. The molecule has 4 rings (SSSR count). The number of halogens is 9. The Hall–Kier alpha value is -3.73.